The molecule has 2 rings (SSSR count). The first-order chi connectivity index (χ1) is 11.9. The van der Waals surface area contributed by atoms with E-state index in [9.17, 15) is 13.2 Å². The first-order valence-electron chi connectivity index (χ1n) is 7.66. The second-order valence-corrected chi connectivity index (χ2v) is 6.56. The van der Waals surface area contributed by atoms with Gasteiger partial charge < -0.3 is 16.0 Å². The Morgan fingerprint density at radius 3 is 2.64 bits per heavy atom. The van der Waals surface area contributed by atoms with Gasteiger partial charge in [-0.25, -0.2) is 4.98 Å². The van der Waals surface area contributed by atoms with E-state index in [0.29, 0.717) is 19.0 Å². The molecule has 0 aliphatic carbocycles. The van der Waals surface area contributed by atoms with Crippen LogP contribution in [0.4, 0.5) is 19.0 Å². The number of guanidine groups is 1. The van der Waals surface area contributed by atoms with Gasteiger partial charge in [-0.1, -0.05) is 0 Å². The highest BCUT2D eigenvalue weighted by atomic mass is 32.1. The van der Waals surface area contributed by atoms with Gasteiger partial charge in [0.05, 0.1) is 12.1 Å². The molecule has 25 heavy (non-hydrogen) atoms. The van der Waals surface area contributed by atoms with Crippen LogP contribution in [0.15, 0.2) is 35.5 Å². The molecule has 0 fully saturated rings. The van der Waals surface area contributed by atoms with Crippen LogP contribution in [0.1, 0.15) is 15.3 Å². The first-order valence-corrected chi connectivity index (χ1v) is 8.47. The Morgan fingerprint density at radius 2 is 2.00 bits per heavy atom. The first kappa shape index (κ1) is 19.0. The van der Waals surface area contributed by atoms with E-state index in [1.54, 1.807) is 18.4 Å². The molecule has 0 bridgehead atoms. The summed E-state index contributed by atoms with van der Waals surface area (Å²) in [4.78, 5) is 10.3. The third-order valence-electron chi connectivity index (χ3n) is 3.27. The van der Waals surface area contributed by atoms with Crippen LogP contribution in [0, 0.1) is 6.92 Å². The van der Waals surface area contributed by atoms with Crippen LogP contribution < -0.4 is 16.0 Å². The van der Waals surface area contributed by atoms with E-state index in [1.807, 2.05) is 19.1 Å². The van der Waals surface area contributed by atoms with Gasteiger partial charge in [0.1, 0.15) is 5.82 Å². The number of halogens is 3. The van der Waals surface area contributed by atoms with Gasteiger partial charge in [0.2, 0.25) is 0 Å². The summed E-state index contributed by atoms with van der Waals surface area (Å²) in [6.45, 7) is 3.36. The zero-order valence-electron chi connectivity index (χ0n) is 13.9. The van der Waals surface area contributed by atoms with Crippen molar-refractivity contribution in [1.29, 1.82) is 0 Å². The molecule has 0 saturated carbocycles. The van der Waals surface area contributed by atoms with Gasteiger partial charge in [0.25, 0.3) is 0 Å². The van der Waals surface area contributed by atoms with Crippen LogP contribution in [0.25, 0.3) is 0 Å². The molecular weight excluding hydrogens is 351 g/mol. The van der Waals surface area contributed by atoms with Gasteiger partial charge in [-0.05, 0) is 31.2 Å². The lowest BCUT2D eigenvalue weighted by Gasteiger charge is -2.14. The van der Waals surface area contributed by atoms with Crippen molar-refractivity contribution in [1.82, 2.24) is 15.6 Å². The van der Waals surface area contributed by atoms with Crippen molar-refractivity contribution in [2.24, 2.45) is 4.99 Å². The largest absolute Gasteiger partial charge is 0.419 e. The quantitative estimate of drug-likeness (QED) is 0.414. The lowest BCUT2D eigenvalue weighted by molar-refractivity contribution is -0.137. The molecule has 0 aliphatic rings. The van der Waals surface area contributed by atoms with Crippen molar-refractivity contribution in [3.63, 3.8) is 0 Å². The van der Waals surface area contributed by atoms with E-state index in [2.05, 4.69) is 25.9 Å². The fourth-order valence-electron chi connectivity index (χ4n) is 2.11. The maximum absolute atomic E-state index is 12.9. The van der Waals surface area contributed by atoms with Crippen LogP contribution in [0.5, 0.6) is 0 Å². The topological polar surface area (TPSA) is 61.3 Å². The number of hydrogen-bond acceptors (Lipinski definition) is 4. The van der Waals surface area contributed by atoms with E-state index in [-0.39, 0.29) is 12.4 Å². The van der Waals surface area contributed by atoms with Crippen LogP contribution in [0.2, 0.25) is 0 Å². The third-order valence-corrected chi connectivity index (χ3v) is 4.27. The molecule has 5 nitrogen and oxygen atoms in total. The molecule has 0 atom stereocenters. The Balaban J connectivity index is 1.78. The molecule has 9 heteroatoms. The lowest BCUT2D eigenvalue weighted by atomic mass is 10.2. The van der Waals surface area contributed by atoms with Crippen molar-refractivity contribution in [3.05, 3.63) is 45.8 Å². The van der Waals surface area contributed by atoms with E-state index >= 15 is 0 Å². The average Bonchev–Trinajstić information content (AvgIpc) is 2.99. The Kier molecular flexibility index (Phi) is 6.63. The van der Waals surface area contributed by atoms with E-state index in [1.165, 1.54) is 22.0 Å². The number of pyridine rings is 1. The molecular formula is C16H20F3N5S. The van der Waals surface area contributed by atoms with Crippen molar-refractivity contribution in [3.8, 4) is 0 Å². The number of aliphatic imine (C=N–C) groups is 1. The summed E-state index contributed by atoms with van der Waals surface area (Å²) in [6.07, 6.45) is -3.10. The molecule has 0 unspecified atom stereocenters. The summed E-state index contributed by atoms with van der Waals surface area (Å²) < 4.78 is 38.6. The Bertz CT molecular complexity index is 712. The molecule has 0 radical (unpaired) electrons. The fraction of sp³-hybridized carbons (Fsp3) is 0.375. The zero-order chi connectivity index (χ0) is 18.3. The highest BCUT2D eigenvalue weighted by Crippen LogP contribution is 2.33. The number of nitrogens with zero attached hydrogens (tertiary/aromatic N) is 2. The Labute approximate surface area is 148 Å². The molecule has 0 amide bonds. The summed E-state index contributed by atoms with van der Waals surface area (Å²) in [5.41, 5.74) is -0.773. The van der Waals surface area contributed by atoms with E-state index in [4.69, 9.17) is 0 Å². The number of rotatable bonds is 6. The monoisotopic (exact) mass is 371 g/mol. The maximum atomic E-state index is 12.9. The predicted molar refractivity (Wildman–Crippen MR) is 95.0 cm³/mol. The summed E-state index contributed by atoms with van der Waals surface area (Å²) in [5.74, 6) is 0.415. The minimum atomic E-state index is -4.43. The predicted octanol–water partition coefficient (Wildman–Crippen LogP) is 3.25. The van der Waals surface area contributed by atoms with Gasteiger partial charge in [0, 0.05) is 36.1 Å². The number of hydrogen-bond donors (Lipinski definition) is 3. The van der Waals surface area contributed by atoms with E-state index in [0.717, 1.165) is 6.07 Å². The molecule has 0 aliphatic heterocycles. The number of nitrogens with one attached hydrogen (secondary N) is 3. The highest BCUT2D eigenvalue weighted by Gasteiger charge is 2.33. The molecule has 2 heterocycles. The van der Waals surface area contributed by atoms with Crippen LogP contribution in [0.3, 0.4) is 0 Å². The van der Waals surface area contributed by atoms with Gasteiger partial charge in [-0.2, -0.15) is 13.2 Å². The molecule has 3 N–H and O–H groups in total. The SMILES string of the molecule is CN=C(NCCNc1ncccc1C(F)(F)F)NCc1ccc(C)s1. The summed E-state index contributed by atoms with van der Waals surface area (Å²) in [5, 5.41) is 8.91. The van der Waals surface area contributed by atoms with Gasteiger partial charge >= 0.3 is 6.18 Å². The number of aryl methyl sites for hydroxylation is 1. The lowest BCUT2D eigenvalue weighted by Crippen LogP contribution is -2.39. The van der Waals surface area contributed by atoms with Crippen molar-refractivity contribution in [2.75, 3.05) is 25.5 Å². The Hall–Kier alpha value is -2.29. The standard InChI is InChI=1S/C16H20F3N5S/c1-11-5-6-12(25-11)10-24-15(20-2)23-9-8-22-14-13(16(17,18)19)4-3-7-21-14/h3-7H,8-10H2,1-2H3,(H,21,22)(H2,20,23,24). The summed E-state index contributed by atoms with van der Waals surface area (Å²) in [7, 11) is 1.64. The van der Waals surface area contributed by atoms with Crippen molar-refractivity contribution < 1.29 is 13.2 Å². The molecule has 0 spiro atoms. The van der Waals surface area contributed by atoms with Crippen molar-refractivity contribution >= 4 is 23.1 Å². The van der Waals surface area contributed by atoms with Gasteiger partial charge in [0.15, 0.2) is 5.96 Å². The summed E-state index contributed by atoms with van der Waals surface area (Å²) in [6, 6.07) is 6.37. The van der Waals surface area contributed by atoms with Crippen LogP contribution in [-0.2, 0) is 12.7 Å². The third kappa shape index (κ3) is 5.93. The highest BCUT2D eigenvalue weighted by molar-refractivity contribution is 7.11. The molecule has 2 aromatic rings. The fourth-order valence-corrected chi connectivity index (χ4v) is 2.94. The maximum Gasteiger partial charge on any atom is 0.419 e. The molecule has 136 valence electrons. The normalized spacial score (nSPS) is 12.1. The second-order valence-electron chi connectivity index (χ2n) is 5.19. The second kappa shape index (κ2) is 8.70. The zero-order valence-corrected chi connectivity index (χ0v) is 14.8. The number of aromatic nitrogens is 1. The number of alkyl halides is 3. The van der Waals surface area contributed by atoms with E-state index < -0.39 is 11.7 Å². The van der Waals surface area contributed by atoms with Gasteiger partial charge in [-0.3, -0.25) is 4.99 Å². The average molecular weight is 371 g/mol. The molecule has 2 aromatic heterocycles. The minimum absolute atomic E-state index is 0.172. The van der Waals surface area contributed by atoms with Crippen LogP contribution >= 0.6 is 11.3 Å². The number of anilines is 1. The number of thiophene rings is 1. The van der Waals surface area contributed by atoms with Gasteiger partial charge in [-0.15, -0.1) is 11.3 Å². The van der Waals surface area contributed by atoms with Crippen molar-refractivity contribution in [2.45, 2.75) is 19.6 Å². The smallest absolute Gasteiger partial charge is 0.368 e. The Morgan fingerprint density at radius 1 is 1.20 bits per heavy atom. The summed E-state index contributed by atoms with van der Waals surface area (Å²) >= 11 is 1.70. The minimum Gasteiger partial charge on any atom is -0.368 e. The molecule has 0 saturated heterocycles. The molecule has 0 aromatic carbocycles. The van der Waals surface area contributed by atoms with Crippen LogP contribution in [-0.4, -0.2) is 31.1 Å².